The zero-order valence-corrected chi connectivity index (χ0v) is 13.8. The van der Waals surface area contributed by atoms with E-state index < -0.39 is 0 Å². The fourth-order valence-corrected chi connectivity index (χ4v) is 2.73. The van der Waals surface area contributed by atoms with Crippen molar-refractivity contribution >= 4 is 11.6 Å². The zero-order valence-electron chi connectivity index (χ0n) is 13.8. The predicted octanol–water partition coefficient (Wildman–Crippen LogP) is 2.78. The first-order valence-corrected chi connectivity index (χ1v) is 8.09. The second-order valence-electron chi connectivity index (χ2n) is 5.77. The highest BCUT2D eigenvalue weighted by Crippen LogP contribution is 2.18. The maximum atomic E-state index is 12.5. The van der Waals surface area contributed by atoms with Crippen molar-refractivity contribution in [2.75, 3.05) is 38.7 Å². The molecule has 0 unspecified atom stereocenters. The number of morpholine rings is 1. The maximum absolute atomic E-state index is 12.5. The van der Waals surface area contributed by atoms with Crippen LogP contribution in [0.3, 0.4) is 0 Å². The normalized spacial score (nSPS) is 15.0. The molecule has 1 heterocycles. The summed E-state index contributed by atoms with van der Waals surface area (Å²) in [5, 5.41) is 2.91. The highest BCUT2D eigenvalue weighted by Gasteiger charge is 2.12. The standard InChI is InChI=1S/C19H22N2O3/c1-23-18-7-3-6-17(13-18)20-19(22)16-5-2-4-15(12-16)14-21-8-10-24-11-9-21/h2-7,12-13H,8-11,14H2,1H3,(H,20,22). The average Bonchev–Trinajstić information content (AvgIpc) is 2.63. The van der Waals surface area contributed by atoms with E-state index in [-0.39, 0.29) is 5.91 Å². The quantitative estimate of drug-likeness (QED) is 0.918. The van der Waals surface area contributed by atoms with Gasteiger partial charge in [-0.05, 0) is 29.8 Å². The van der Waals surface area contributed by atoms with Gasteiger partial charge in [0.25, 0.3) is 5.91 Å². The lowest BCUT2D eigenvalue weighted by atomic mass is 10.1. The second kappa shape index (κ2) is 7.95. The predicted molar refractivity (Wildman–Crippen MR) is 93.5 cm³/mol. The topological polar surface area (TPSA) is 50.8 Å². The summed E-state index contributed by atoms with van der Waals surface area (Å²) in [5.74, 6) is 0.598. The van der Waals surface area contributed by atoms with E-state index >= 15 is 0 Å². The van der Waals surface area contributed by atoms with E-state index in [0.717, 1.165) is 44.1 Å². The summed E-state index contributed by atoms with van der Waals surface area (Å²) < 4.78 is 10.5. The van der Waals surface area contributed by atoms with Crippen molar-refractivity contribution in [2.24, 2.45) is 0 Å². The molecule has 24 heavy (non-hydrogen) atoms. The average molecular weight is 326 g/mol. The Morgan fingerprint density at radius 2 is 1.96 bits per heavy atom. The summed E-state index contributed by atoms with van der Waals surface area (Å²) >= 11 is 0. The SMILES string of the molecule is COc1cccc(NC(=O)c2cccc(CN3CCOCC3)c2)c1. The number of amides is 1. The number of nitrogens with zero attached hydrogens (tertiary/aromatic N) is 1. The van der Waals surface area contributed by atoms with Gasteiger partial charge in [-0.2, -0.15) is 0 Å². The molecule has 2 aromatic rings. The molecule has 0 spiro atoms. The summed E-state index contributed by atoms with van der Waals surface area (Å²) in [5.41, 5.74) is 2.51. The van der Waals surface area contributed by atoms with Crippen LogP contribution < -0.4 is 10.1 Å². The molecule has 3 rings (SSSR count). The zero-order chi connectivity index (χ0) is 16.8. The van der Waals surface area contributed by atoms with Gasteiger partial charge < -0.3 is 14.8 Å². The number of carbonyl (C=O) groups is 1. The van der Waals surface area contributed by atoms with Gasteiger partial charge in [0.15, 0.2) is 0 Å². The lowest BCUT2D eigenvalue weighted by Gasteiger charge is -2.26. The van der Waals surface area contributed by atoms with Crippen LogP contribution in [0.5, 0.6) is 5.75 Å². The third-order valence-corrected chi connectivity index (χ3v) is 4.03. The van der Waals surface area contributed by atoms with Crippen LogP contribution in [0.25, 0.3) is 0 Å². The molecule has 0 aromatic heterocycles. The Labute approximate surface area is 142 Å². The molecule has 0 bridgehead atoms. The van der Waals surface area contributed by atoms with Crippen LogP contribution in [-0.4, -0.2) is 44.2 Å². The molecule has 1 amide bonds. The summed E-state index contributed by atoms with van der Waals surface area (Å²) in [6.07, 6.45) is 0. The number of nitrogens with one attached hydrogen (secondary N) is 1. The van der Waals surface area contributed by atoms with Gasteiger partial charge in [-0.15, -0.1) is 0 Å². The first-order valence-electron chi connectivity index (χ1n) is 8.09. The third kappa shape index (κ3) is 4.34. The molecular weight excluding hydrogens is 304 g/mol. The molecule has 2 aromatic carbocycles. The Balaban J connectivity index is 1.67. The summed E-state index contributed by atoms with van der Waals surface area (Å²) in [7, 11) is 1.61. The molecule has 0 radical (unpaired) electrons. The van der Waals surface area contributed by atoms with Gasteiger partial charge in [-0.1, -0.05) is 18.2 Å². The van der Waals surface area contributed by atoms with Gasteiger partial charge in [0.05, 0.1) is 20.3 Å². The van der Waals surface area contributed by atoms with Gasteiger partial charge in [-0.3, -0.25) is 9.69 Å². The molecule has 1 aliphatic rings. The van der Waals surface area contributed by atoms with Crippen molar-refractivity contribution in [2.45, 2.75) is 6.54 Å². The molecule has 0 saturated carbocycles. The minimum Gasteiger partial charge on any atom is -0.497 e. The number of hydrogen-bond donors (Lipinski definition) is 1. The smallest absolute Gasteiger partial charge is 0.255 e. The Bertz CT molecular complexity index is 697. The van der Waals surface area contributed by atoms with E-state index in [1.165, 1.54) is 0 Å². The number of carbonyl (C=O) groups excluding carboxylic acids is 1. The Morgan fingerprint density at radius 1 is 1.17 bits per heavy atom. The first kappa shape index (κ1) is 16.5. The van der Waals surface area contributed by atoms with Crippen LogP contribution in [0.1, 0.15) is 15.9 Å². The van der Waals surface area contributed by atoms with Crippen LogP contribution in [0.2, 0.25) is 0 Å². The van der Waals surface area contributed by atoms with Crippen molar-refractivity contribution in [3.8, 4) is 5.75 Å². The summed E-state index contributed by atoms with van der Waals surface area (Å²) in [6, 6.07) is 15.1. The molecule has 1 saturated heterocycles. The number of ether oxygens (including phenoxy) is 2. The van der Waals surface area contributed by atoms with Gasteiger partial charge in [-0.25, -0.2) is 0 Å². The van der Waals surface area contributed by atoms with Crippen molar-refractivity contribution in [3.63, 3.8) is 0 Å². The second-order valence-corrected chi connectivity index (χ2v) is 5.77. The van der Waals surface area contributed by atoms with Crippen molar-refractivity contribution < 1.29 is 14.3 Å². The minimum atomic E-state index is -0.118. The third-order valence-electron chi connectivity index (χ3n) is 4.03. The van der Waals surface area contributed by atoms with Gasteiger partial charge in [0, 0.05) is 37.0 Å². The molecule has 5 heteroatoms. The van der Waals surface area contributed by atoms with Crippen molar-refractivity contribution in [1.29, 1.82) is 0 Å². The van der Waals surface area contributed by atoms with E-state index in [1.807, 2.05) is 36.4 Å². The molecule has 0 aliphatic carbocycles. The number of anilines is 1. The highest BCUT2D eigenvalue weighted by atomic mass is 16.5. The van der Waals surface area contributed by atoms with Crippen LogP contribution in [0.4, 0.5) is 5.69 Å². The molecule has 1 N–H and O–H groups in total. The fourth-order valence-electron chi connectivity index (χ4n) is 2.73. The highest BCUT2D eigenvalue weighted by molar-refractivity contribution is 6.04. The van der Waals surface area contributed by atoms with E-state index in [4.69, 9.17) is 9.47 Å². The Morgan fingerprint density at radius 3 is 2.75 bits per heavy atom. The summed E-state index contributed by atoms with van der Waals surface area (Å²) in [4.78, 5) is 14.8. The number of benzene rings is 2. The van der Waals surface area contributed by atoms with Crippen LogP contribution in [0.15, 0.2) is 48.5 Å². The molecule has 0 atom stereocenters. The maximum Gasteiger partial charge on any atom is 0.255 e. The number of methoxy groups -OCH3 is 1. The van der Waals surface area contributed by atoms with E-state index in [1.54, 1.807) is 13.2 Å². The minimum absolute atomic E-state index is 0.118. The first-order chi connectivity index (χ1) is 11.7. The Kier molecular flexibility index (Phi) is 5.46. The summed E-state index contributed by atoms with van der Waals surface area (Å²) in [6.45, 7) is 4.25. The van der Waals surface area contributed by atoms with Crippen LogP contribution in [-0.2, 0) is 11.3 Å². The lowest BCUT2D eigenvalue weighted by molar-refractivity contribution is 0.0342. The molecule has 1 aliphatic heterocycles. The van der Waals surface area contributed by atoms with Crippen LogP contribution >= 0.6 is 0 Å². The fraction of sp³-hybridized carbons (Fsp3) is 0.316. The van der Waals surface area contributed by atoms with Crippen molar-refractivity contribution in [3.05, 3.63) is 59.7 Å². The van der Waals surface area contributed by atoms with Gasteiger partial charge >= 0.3 is 0 Å². The molecule has 5 nitrogen and oxygen atoms in total. The lowest BCUT2D eigenvalue weighted by Crippen LogP contribution is -2.35. The van der Waals surface area contributed by atoms with E-state index in [2.05, 4.69) is 16.3 Å². The van der Waals surface area contributed by atoms with E-state index in [9.17, 15) is 4.79 Å². The van der Waals surface area contributed by atoms with Gasteiger partial charge in [0.2, 0.25) is 0 Å². The number of hydrogen-bond acceptors (Lipinski definition) is 4. The molecular formula is C19H22N2O3. The van der Waals surface area contributed by atoms with Crippen molar-refractivity contribution in [1.82, 2.24) is 4.90 Å². The molecule has 126 valence electrons. The molecule has 1 fully saturated rings. The number of rotatable bonds is 5. The van der Waals surface area contributed by atoms with E-state index in [0.29, 0.717) is 11.3 Å². The van der Waals surface area contributed by atoms with Crippen LogP contribution in [0, 0.1) is 0 Å². The van der Waals surface area contributed by atoms with Gasteiger partial charge in [0.1, 0.15) is 5.75 Å². The Hall–Kier alpha value is -2.37. The monoisotopic (exact) mass is 326 g/mol. The largest absolute Gasteiger partial charge is 0.497 e.